The summed E-state index contributed by atoms with van der Waals surface area (Å²) in [6.45, 7) is 1.66. The molecule has 158 valence electrons. The molecule has 3 amide bonds. The quantitative estimate of drug-likeness (QED) is 0.459. The van der Waals surface area contributed by atoms with Crippen LogP contribution >= 0.6 is 0 Å². The molecular formula is C24H23FN4O2. The molecule has 0 fully saturated rings. The fourth-order valence-electron chi connectivity index (χ4n) is 3.71. The van der Waals surface area contributed by atoms with Crippen molar-refractivity contribution in [3.05, 3.63) is 88.7 Å². The molecule has 0 saturated heterocycles. The first-order chi connectivity index (χ1) is 14.9. The number of urea groups is 1. The lowest BCUT2D eigenvalue weighted by molar-refractivity contribution is 0.102. The summed E-state index contributed by atoms with van der Waals surface area (Å²) in [5, 5.41) is 8.41. The highest BCUT2D eigenvalue weighted by molar-refractivity contribution is 6.05. The van der Waals surface area contributed by atoms with E-state index in [1.807, 2.05) is 12.1 Å². The number of carbonyl (C=O) groups excluding carboxylic acids is 2. The number of carbonyl (C=O) groups is 2. The largest absolute Gasteiger partial charge is 0.397 e. The maximum absolute atomic E-state index is 13.7. The molecule has 1 unspecified atom stereocenters. The van der Waals surface area contributed by atoms with Crippen LogP contribution in [0, 0.1) is 12.7 Å². The second kappa shape index (κ2) is 8.47. The van der Waals surface area contributed by atoms with E-state index in [-0.39, 0.29) is 17.8 Å². The normalized spacial score (nSPS) is 14.6. The van der Waals surface area contributed by atoms with Crippen molar-refractivity contribution < 1.29 is 14.0 Å². The summed E-state index contributed by atoms with van der Waals surface area (Å²) in [5.41, 5.74) is 10.4. The van der Waals surface area contributed by atoms with Gasteiger partial charge < -0.3 is 21.7 Å². The van der Waals surface area contributed by atoms with Gasteiger partial charge >= 0.3 is 6.03 Å². The van der Waals surface area contributed by atoms with Gasteiger partial charge in [-0.05, 0) is 72.9 Å². The number of halogens is 1. The van der Waals surface area contributed by atoms with Crippen LogP contribution in [0.4, 0.5) is 26.2 Å². The number of fused-ring (bicyclic) bond motifs is 1. The third kappa shape index (κ3) is 4.50. The molecule has 0 aromatic heterocycles. The molecule has 0 heterocycles. The molecule has 1 aliphatic rings. The summed E-state index contributed by atoms with van der Waals surface area (Å²) >= 11 is 0. The van der Waals surface area contributed by atoms with Crippen molar-refractivity contribution >= 4 is 29.0 Å². The summed E-state index contributed by atoms with van der Waals surface area (Å²) in [4.78, 5) is 25.0. The van der Waals surface area contributed by atoms with E-state index < -0.39 is 6.03 Å². The van der Waals surface area contributed by atoms with Crippen molar-refractivity contribution in [2.45, 2.75) is 25.8 Å². The van der Waals surface area contributed by atoms with E-state index in [2.05, 4.69) is 16.0 Å². The first-order valence-corrected chi connectivity index (χ1v) is 10.0. The van der Waals surface area contributed by atoms with Crippen LogP contribution in [0.1, 0.15) is 39.5 Å². The van der Waals surface area contributed by atoms with Gasteiger partial charge in [0, 0.05) is 11.3 Å². The first kappa shape index (κ1) is 20.4. The van der Waals surface area contributed by atoms with E-state index in [0.717, 1.165) is 24.0 Å². The van der Waals surface area contributed by atoms with Gasteiger partial charge in [-0.1, -0.05) is 24.3 Å². The second-order valence-corrected chi connectivity index (χ2v) is 7.61. The van der Waals surface area contributed by atoms with Crippen molar-refractivity contribution in [3.63, 3.8) is 0 Å². The minimum atomic E-state index is -0.400. The van der Waals surface area contributed by atoms with Crippen LogP contribution in [0.15, 0.2) is 60.7 Å². The smallest absolute Gasteiger partial charge is 0.319 e. The third-order valence-corrected chi connectivity index (χ3v) is 5.43. The molecule has 0 radical (unpaired) electrons. The number of nitrogen functional groups attached to an aromatic ring is 1. The Labute approximate surface area is 179 Å². The second-order valence-electron chi connectivity index (χ2n) is 7.61. The van der Waals surface area contributed by atoms with E-state index in [1.54, 1.807) is 49.4 Å². The molecule has 3 aromatic carbocycles. The Bertz CT molecular complexity index is 1160. The Balaban J connectivity index is 1.42. The van der Waals surface area contributed by atoms with Gasteiger partial charge in [-0.25, -0.2) is 9.18 Å². The average Bonchev–Trinajstić information content (AvgIpc) is 3.14. The van der Waals surface area contributed by atoms with Crippen LogP contribution in [0.5, 0.6) is 0 Å². The van der Waals surface area contributed by atoms with Crippen molar-refractivity contribution in [1.82, 2.24) is 5.32 Å². The lowest BCUT2D eigenvalue weighted by Gasteiger charge is -2.16. The van der Waals surface area contributed by atoms with Crippen molar-refractivity contribution in [2.75, 3.05) is 16.4 Å². The number of hydrogen-bond donors (Lipinski definition) is 4. The fraction of sp³-hybridized carbons (Fsp3) is 0.167. The number of amides is 3. The zero-order chi connectivity index (χ0) is 22.0. The number of aryl methyl sites for hydroxylation is 2. The number of anilines is 3. The minimum absolute atomic E-state index is 0.174. The summed E-state index contributed by atoms with van der Waals surface area (Å²) < 4.78 is 13.7. The van der Waals surface area contributed by atoms with Gasteiger partial charge in [0.1, 0.15) is 5.82 Å². The molecule has 0 spiro atoms. The number of benzene rings is 3. The number of para-hydroxylation sites is 2. The molecular weight excluding hydrogens is 395 g/mol. The zero-order valence-corrected chi connectivity index (χ0v) is 17.0. The van der Waals surface area contributed by atoms with Crippen LogP contribution < -0.4 is 21.7 Å². The van der Waals surface area contributed by atoms with Crippen LogP contribution in [0.2, 0.25) is 0 Å². The van der Waals surface area contributed by atoms with Gasteiger partial charge in [-0.2, -0.15) is 0 Å². The van der Waals surface area contributed by atoms with Gasteiger partial charge in [0.15, 0.2) is 0 Å². The Morgan fingerprint density at radius 1 is 1.03 bits per heavy atom. The van der Waals surface area contributed by atoms with Crippen LogP contribution in [0.25, 0.3) is 0 Å². The highest BCUT2D eigenvalue weighted by Crippen LogP contribution is 2.32. The lowest BCUT2D eigenvalue weighted by Crippen LogP contribution is -2.31. The van der Waals surface area contributed by atoms with Crippen molar-refractivity contribution in [3.8, 4) is 0 Å². The zero-order valence-electron chi connectivity index (χ0n) is 17.0. The van der Waals surface area contributed by atoms with E-state index >= 15 is 0 Å². The van der Waals surface area contributed by atoms with Gasteiger partial charge in [-0.3, -0.25) is 4.79 Å². The molecule has 5 N–H and O–H groups in total. The third-order valence-electron chi connectivity index (χ3n) is 5.43. The highest BCUT2D eigenvalue weighted by Gasteiger charge is 2.25. The van der Waals surface area contributed by atoms with Crippen LogP contribution in [-0.4, -0.2) is 11.9 Å². The predicted octanol–water partition coefficient (Wildman–Crippen LogP) is 4.78. The molecule has 7 heteroatoms. The van der Waals surface area contributed by atoms with E-state index in [0.29, 0.717) is 28.2 Å². The molecule has 6 nitrogen and oxygen atoms in total. The molecule has 4 rings (SSSR count). The van der Waals surface area contributed by atoms with Crippen molar-refractivity contribution in [2.24, 2.45) is 0 Å². The van der Waals surface area contributed by atoms with E-state index in [9.17, 15) is 14.0 Å². The van der Waals surface area contributed by atoms with E-state index in [4.69, 9.17) is 5.73 Å². The minimum Gasteiger partial charge on any atom is -0.397 e. The molecule has 3 aromatic rings. The average molecular weight is 418 g/mol. The standard InChI is InChI=1S/C24H23FN4O2/c1-14-6-9-17(13-19(14)25)27-24(31)29-21-11-8-15-12-16(7-10-18(15)21)23(30)28-22-5-3-2-4-20(22)26/h2-7,9-10,12-13,21H,8,11,26H2,1H3,(H,28,30)(H2,27,29,31). The van der Waals surface area contributed by atoms with Gasteiger partial charge in [-0.15, -0.1) is 0 Å². The Hall–Kier alpha value is -3.87. The topological polar surface area (TPSA) is 96.2 Å². The summed E-state index contributed by atoms with van der Waals surface area (Å²) in [6.07, 6.45) is 1.47. The Morgan fingerprint density at radius 2 is 1.84 bits per heavy atom. The maximum atomic E-state index is 13.7. The number of nitrogens with one attached hydrogen (secondary N) is 3. The Morgan fingerprint density at radius 3 is 2.61 bits per heavy atom. The maximum Gasteiger partial charge on any atom is 0.319 e. The van der Waals surface area contributed by atoms with Gasteiger partial charge in [0.25, 0.3) is 5.91 Å². The first-order valence-electron chi connectivity index (χ1n) is 10.0. The molecule has 1 atom stereocenters. The van der Waals surface area contributed by atoms with Crippen LogP contribution in [0.3, 0.4) is 0 Å². The van der Waals surface area contributed by atoms with Crippen molar-refractivity contribution in [1.29, 1.82) is 0 Å². The highest BCUT2D eigenvalue weighted by atomic mass is 19.1. The van der Waals surface area contributed by atoms with Gasteiger partial charge in [0.2, 0.25) is 0 Å². The number of rotatable bonds is 4. The molecule has 1 aliphatic carbocycles. The monoisotopic (exact) mass is 418 g/mol. The predicted molar refractivity (Wildman–Crippen MR) is 120 cm³/mol. The molecule has 0 aliphatic heterocycles. The number of hydrogen-bond acceptors (Lipinski definition) is 3. The molecule has 0 bridgehead atoms. The molecule has 31 heavy (non-hydrogen) atoms. The molecule has 0 saturated carbocycles. The Kier molecular flexibility index (Phi) is 5.58. The van der Waals surface area contributed by atoms with E-state index in [1.165, 1.54) is 6.07 Å². The summed E-state index contributed by atoms with van der Waals surface area (Å²) in [5.74, 6) is -0.608. The summed E-state index contributed by atoms with van der Waals surface area (Å²) in [6, 6.07) is 16.5. The number of nitrogens with two attached hydrogens (primary N) is 1. The fourth-order valence-corrected chi connectivity index (χ4v) is 3.71. The lowest BCUT2D eigenvalue weighted by atomic mass is 10.0. The summed E-state index contributed by atoms with van der Waals surface area (Å²) in [7, 11) is 0. The van der Waals surface area contributed by atoms with Gasteiger partial charge in [0.05, 0.1) is 17.4 Å². The SMILES string of the molecule is Cc1ccc(NC(=O)NC2CCc3cc(C(=O)Nc4ccccc4N)ccc32)cc1F. The van der Waals surface area contributed by atoms with Crippen LogP contribution in [-0.2, 0) is 6.42 Å².